The number of hydrogen-bond acceptors (Lipinski definition) is 2. The van der Waals surface area contributed by atoms with Gasteiger partial charge in [-0.15, -0.1) is 0 Å². The number of amides is 1. The minimum atomic E-state index is -0.190. The van der Waals surface area contributed by atoms with Gasteiger partial charge in [0.25, 0.3) is 5.91 Å². The maximum absolute atomic E-state index is 12.8. The number of halogens is 1. The molecular weight excluding hydrogens is 272 g/mol. The lowest BCUT2D eigenvalue weighted by molar-refractivity contribution is 0.0353. The van der Waals surface area contributed by atoms with Gasteiger partial charge in [-0.05, 0) is 38.0 Å². The van der Waals surface area contributed by atoms with Gasteiger partial charge in [0, 0.05) is 29.7 Å². The number of nitrogens with one attached hydrogen (secondary N) is 1. The molecule has 1 saturated heterocycles. The molecule has 0 spiro atoms. The first kappa shape index (κ1) is 15.3. The van der Waals surface area contributed by atoms with Gasteiger partial charge in [0.05, 0.1) is 5.54 Å². The Morgan fingerprint density at radius 3 is 2.75 bits per heavy atom. The molecule has 1 aromatic carbocycles. The van der Waals surface area contributed by atoms with Gasteiger partial charge >= 0.3 is 0 Å². The van der Waals surface area contributed by atoms with Crippen LogP contribution in [-0.2, 0) is 0 Å². The largest absolute Gasteiger partial charge is 0.331 e. The van der Waals surface area contributed by atoms with E-state index in [-0.39, 0.29) is 11.4 Å². The molecule has 1 aliphatic heterocycles. The van der Waals surface area contributed by atoms with Gasteiger partial charge in [-0.25, -0.2) is 0 Å². The highest BCUT2D eigenvalue weighted by molar-refractivity contribution is 6.30. The molecule has 0 aromatic heterocycles. The summed E-state index contributed by atoms with van der Waals surface area (Å²) < 4.78 is 0. The Labute approximate surface area is 126 Å². The third kappa shape index (κ3) is 3.15. The predicted molar refractivity (Wildman–Crippen MR) is 83.2 cm³/mol. The Kier molecular flexibility index (Phi) is 4.40. The Bertz CT molecular complexity index is 499. The lowest BCUT2D eigenvalue weighted by atomic mass is 9.92. The summed E-state index contributed by atoms with van der Waals surface area (Å²) in [4.78, 5) is 14.7. The van der Waals surface area contributed by atoms with Crippen molar-refractivity contribution in [1.29, 1.82) is 0 Å². The second-order valence-corrected chi connectivity index (χ2v) is 6.91. The third-order valence-electron chi connectivity index (χ3n) is 4.03. The number of carbonyl (C=O) groups excluding carboxylic acids is 1. The zero-order chi connectivity index (χ0) is 14.9. The summed E-state index contributed by atoms with van der Waals surface area (Å²) in [6.45, 7) is 10.1. The lowest BCUT2D eigenvalue weighted by Crippen LogP contribution is -2.64. The van der Waals surface area contributed by atoms with E-state index in [4.69, 9.17) is 11.6 Å². The first-order chi connectivity index (χ1) is 9.31. The van der Waals surface area contributed by atoms with Crippen LogP contribution in [0.4, 0.5) is 0 Å². The molecule has 1 heterocycles. The highest BCUT2D eigenvalue weighted by atomic mass is 35.5. The van der Waals surface area contributed by atoms with Gasteiger partial charge in [0.2, 0.25) is 0 Å². The number of carbonyl (C=O) groups is 1. The fourth-order valence-corrected chi connectivity index (χ4v) is 2.76. The standard InChI is InChI=1S/C16H23ClN2O/c1-11(2)14-9-19(16(3,4)10-18-14)15(20)12-6-5-7-13(17)8-12/h5-8,11,14,18H,9-10H2,1-4H3. The minimum Gasteiger partial charge on any atom is -0.331 e. The van der Waals surface area contributed by atoms with Crippen LogP contribution in [0, 0.1) is 5.92 Å². The summed E-state index contributed by atoms with van der Waals surface area (Å²) in [5.41, 5.74) is 0.472. The van der Waals surface area contributed by atoms with Crippen LogP contribution in [-0.4, -0.2) is 35.5 Å². The van der Waals surface area contributed by atoms with E-state index in [1.165, 1.54) is 0 Å². The topological polar surface area (TPSA) is 32.3 Å². The van der Waals surface area contributed by atoms with Crippen LogP contribution in [0.25, 0.3) is 0 Å². The monoisotopic (exact) mass is 294 g/mol. The predicted octanol–water partition coefficient (Wildman–Crippen LogP) is 3.19. The van der Waals surface area contributed by atoms with Crippen molar-refractivity contribution in [2.75, 3.05) is 13.1 Å². The van der Waals surface area contributed by atoms with E-state index < -0.39 is 0 Å². The molecule has 0 aliphatic carbocycles. The van der Waals surface area contributed by atoms with Crippen LogP contribution < -0.4 is 5.32 Å². The van der Waals surface area contributed by atoms with Crippen molar-refractivity contribution < 1.29 is 4.79 Å². The van der Waals surface area contributed by atoms with Gasteiger partial charge in [-0.1, -0.05) is 31.5 Å². The molecule has 0 radical (unpaired) electrons. The summed E-state index contributed by atoms with van der Waals surface area (Å²) in [5, 5.41) is 4.14. The molecule has 110 valence electrons. The maximum Gasteiger partial charge on any atom is 0.254 e. The van der Waals surface area contributed by atoms with Crippen molar-refractivity contribution in [1.82, 2.24) is 10.2 Å². The van der Waals surface area contributed by atoms with Gasteiger partial charge < -0.3 is 10.2 Å². The SMILES string of the molecule is CC(C)C1CN(C(=O)c2cccc(Cl)c2)C(C)(C)CN1. The normalized spacial score (nSPS) is 22.1. The van der Waals surface area contributed by atoms with Gasteiger partial charge in [-0.3, -0.25) is 4.79 Å². The summed E-state index contributed by atoms with van der Waals surface area (Å²) in [6.07, 6.45) is 0. The number of hydrogen-bond donors (Lipinski definition) is 1. The quantitative estimate of drug-likeness (QED) is 0.908. The molecule has 4 heteroatoms. The molecule has 20 heavy (non-hydrogen) atoms. The van der Waals surface area contributed by atoms with Crippen LogP contribution in [0.15, 0.2) is 24.3 Å². The second-order valence-electron chi connectivity index (χ2n) is 6.47. The number of piperazine rings is 1. The van der Waals surface area contributed by atoms with Crippen molar-refractivity contribution in [2.45, 2.75) is 39.3 Å². The second kappa shape index (κ2) is 5.74. The van der Waals surface area contributed by atoms with E-state index in [0.29, 0.717) is 22.5 Å². The smallest absolute Gasteiger partial charge is 0.254 e. The summed E-state index contributed by atoms with van der Waals surface area (Å²) in [5.74, 6) is 0.561. The fourth-order valence-electron chi connectivity index (χ4n) is 2.57. The van der Waals surface area contributed by atoms with E-state index in [9.17, 15) is 4.79 Å². The van der Waals surface area contributed by atoms with Crippen molar-refractivity contribution >= 4 is 17.5 Å². The summed E-state index contributed by atoms with van der Waals surface area (Å²) >= 11 is 5.99. The van der Waals surface area contributed by atoms with Crippen LogP contribution in [0.5, 0.6) is 0 Å². The van der Waals surface area contributed by atoms with Gasteiger partial charge in [0.1, 0.15) is 0 Å². The van der Waals surface area contributed by atoms with Crippen LogP contribution in [0.3, 0.4) is 0 Å². The van der Waals surface area contributed by atoms with Crippen molar-refractivity contribution in [3.8, 4) is 0 Å². The van der Waals surface area contributed by atoms with Crippen LogP contribution in [0.2, 0.25) is 5.02 Å². The fraction of sp³-hybridized carbons (Fsp3) is 0.562. The summed E-state index contributed by atoms with van der Waals surface area (Å²) in [7, 11) is 0. The lowest BCUT2D eigenvalue weighted by Gasteiger charge is -2.47. The molecule has 1 atom stereocenters. The average molecular weight is 295 g/mol. The van der Waals surface area contributed by atoms with Gasteiger partial charge in [-0.2, -0.15) is 0 Å². The van der Waals surface area contributed by atoms with Crippen LogP contribution >= 0.6 is 11.6 Å². The minimum absolute atomic E-state index is 0.0599. The Morgan fingerprint density at radius 1 is 1.45 bits per heavy atom. The molecule has 1 aliphatic rings. The highest BCUT2D eigenvalue weighted by Gasteiger charge is 2.38. The highest BCUT2D eigenvalue weighted by Crippen LogP contribution is 2.24. The van der Waals surface area contributed by atoms with Crippen LogP contribution in [0.1, 0.15) is 38.1 Å². The maximum atomic E-state index is 12.8. The van der Waals surface area contributed by atoms with E-state index in [0.717, 1.165) is 13.1 Å². The number of nitrogens with zero attached hydrogens (tertiary/aromatic N) is 1. The summed E-state index contributed by atoms with van der Waals surface area (Å²) in [6, 6.07) is 7.53. The molecule has 1 fully saturated rings. The van der Waals surface area contributed by atoms with E-state index in [1.807, 2.05) is 17.0 Å². The first-order valence-electron chi connectivity index (χ1n) is 7.12. The van der Waals surface area contributed by atoms with Crippen molar-refractivity contribution in [3.05, 3.63) is 34.9 Å². The Morgan fingerprint density at radius 2 is 2.15 bits per heavy atom. The zero-order valence-corrected chi connectivity index (χ0v) is 13.4. The van der Waals surface area contributed by atoms with Crippen molar-refractivity contribution in [3.63, 3.8) is 0 Å². The Hall–Kier alpha value is -1.06. The zero-order valence-electron chi connectivity index (χ0n) is 12.6. The molecule has 1 aromatic rings. The van der Waals surface area contributed by atoms with E-state index in [2.05, 4.69) is 33.0 Å². The van der Waals surface area contributed by atoms with Crippen molar-refractivity contribution in [2.24, 2.45) is 5.92 Å². The average Bonchev–Trinajstić information content (AvgIpc) is 2.37. The Balaban J connectivity index is 2.25. The molecule has 2 rings (SSSR count). The van der Waals surface area contributed by atoms with E-state index >= 15 is 0 Å². The molecule has 3 nitrogen and oxygen atoms in total. The van der Waals surface area contributed by atoms with Gasteiger partial charge in [0.15, 0.2) is 0 Å². The molecular formula is C16H23ClN2O. The van der Waals surface area contributed by atoms with E-state index in [1.54, 1.807) is 12.1 Å². The molecule has 0 saturated carbocycles. The number of rotatable bonds is 2. The molecule has 0 bridgehead atoms. The molecule has 1 amide bonds. The third-order valence-corrected chi connectivity index (χ3v) is 4.26. The molecule has 1 N–H and O–H groups in total. The number of benzene rings is 1. The molecule has 1 unspecified atom stereocenters. The first-order valence-corrected chi connectivity index (χ1v) is 7.50.